The number of amides is 1. The molecule has 2 N–H and O–H groups in total. The van der Waals surface area contributed by atoms with Crippen LogP contribution in [0.5, 0.6) is 5.75 Å². The van der Waals surface area contributed by atoms with Crippen molar-refractivity contribution in [2.45, 2.75) is 19.3 Å². The number of nitrogens with two attached hydrogens (primary N) is 1. The summed E-state index contributed by atoms with van der Waals surface area (Å²) in [5, 5.41) is 0.668. The molecule has 2 heterocycles. The Hall–Kier alpha value is -2.20. The van der Waals surface area contributed by atoms with E-state index in [0.29, 0.717) is 18.1 Å². The first-order valence-corrected chi connectivity index (χ1v) is 8.61. The highest BCUT2D eigenvalue weighted by Crippen LogP contribution is 2.35. The largest absolute Gasteiger partial charge is 0.492 e. The lowest BCUT2D eigenvalue weighted by Gasteiger charge is -2.34. The smallest absolute Gasteiger partial charge is 0.233 e. The molecule has 5 heteroatoms. The molecule has 2 aromatic carbocycles. The Kier molecular flexibility index (Phi) is 3.85. The van der Waals surface area contributed by atoms with E-state index in [4.69, 9.17) is 22.1 Å². The first kappa shape index (κ1) is 15.3. The third kappa shape index (κ3) is 2.61. The highest BCUT2D eigenvalue weighted by molar-refractivity contribution is 6.30. The Labute approximate surface area is 146 Å². The van der Waals surface area contributed by atoms with Crippen molar-refractivity contribution < 1.29 is 9.53 Å². The van der Waals surface area contributed by atoms with Gasteiger partial charge in [0.15, 0.2) is 0 Å². The molecule has 1 unspecified atom stereocenters. The molecule has 124 valence electrons. The third-order valence-corrected chi connectivity index (χ3v) is 5.07. The van der Waals surface area contributed by atoms with E-state index >= 15 is 0 Å². The predicted octanol–water partition coefficient (Wildman–Crippen LogP) is 3.45. The summed E-state index contributed by atoms with van der Waals surface area (Å²) in [6.07, 6.45) is 2.51. The maximum Gasteiger partial charge on any atom is 0.233 e. The summed E-state index contributed by atoms with van der Waals surface area (Å²) in [4.78, 5) is 15.0. The minimum Gasteiger partial charge on any atom is -0.492 e. The molecule has 0 spiro atoms. The molecule has 2 aliphatic rings. The fourth-order valence-electron chi connectivity index (χ4n) is 3.62. The summed E-state index contributed by atoms with van der Waals surface area (Å²) >= 11 is 6.07. The van der Waals surface area contributed by atoms with Gasteiger partial charge in [0.05, 0.1) is 5.92 Å². The third-order valence-electron chi connectivity index (χ3n) is 4.83. The molecule has 4 nitrogen and oxygen atoms in total. The SMILES string of the molecule is Nc1cccc2c1CCCN2C(=O)C1COc2ccc(Cl)cc2C1. The number of benzene rings is 2. The summed E-state index contributed by atoms with van der Waals surface area (Å²) in [6.45, 7) is 1.13. The van der Waals surface area contributed by atoms with Crippen LogP contribution in [0.15, 0.2) is 36.4 Å². The minimum atomic E-state index is -0.191. The van der Waals surface area contributed by atoms with Crippen LogP contribution in [-0.4, -0.2) is 19.1 Å². The topological polar surface area (TPSA) is 55.6 Å². The maximum atomic E-state index is 13.1. The van der Waals surface area contributed by atoms with Crippen LogP contribution in [-0.2, 0) is 17.6 Å². The summed E-state index contributed by atoms with van der Waals surface area (Å²) in [5.41, 5.74) is 9.88. The van der Waals surface area contributed by atoms with Crippen LogP contribution >= 0.6 is 11.6 Å². The zero-order chi connectivity index (χ0) is 16.7. The second-order valence-electron chi connectivity index (χ2n) is 6.40. The van der Waals surface area contributed by atoms with E-state index in [-0.39, 0.29) is 11.8 Å². The number of halogens is 1. The molecule has 2 aromatic rings. The number of nitrogens with zero attached hydrogens (tertiary/aromatic N) is 1. The molecule has 0 bridgehead atoms. The molecule has 0 saturated carbocycles. The van der Waals surface area contributed by atoms with Crippen LogP contribution in [0.1, 0.15) is 17.5 Å². The Bertz CT molecular complexity index is 806. The fourth-order valence-corrected chi connectivity index (χ4v) is 3.82. The van der Waals surface area contributed by atoms with Gasteiger partial charge in [-0.15, -0.1) is 0 Å². The van der Waals surface area contributed by atoms with E-state index in [0.717, 1.165) is 47.6 Å². The van der Waals surface area contributed by atoms with Crippen LogP contribution < -0.4 is 15.4 Å². The quantitative estimate of drug-likeness (QED) is 0.807. The highest BCUT2D eigenvalue weighted by Gasteiger charge is 2.32. The number of fused-ring (bicyclic) bond motifs is 2. The van der Waals surface area contributed by atoms with Crippen molar-refractivity contribution in [2.24, 2.45) is 5.92 Å². The van der Waals surface area contributed by atoms with Gasteiger partial charge in [-0.05, 0) is 60.7 Å². The van der Waals surface area contributed by atoms with Gasteiger partial charge >= 0.3 is 0 Å². The van der Waals surface area contributed by atoms with E-state index in [1.54, 1.807) is 0 Å². The Balaban J connectivity index is 1.61. The second-order valence-corrected chi connectivity index (χ2v) is 6.84. The molecular formula is C19H19ClN2O2. The molecule has 4 rings (SSSR count). The van der Waals surface area contributed by atoms with Crippen molar-refractivity contribution in [3.8, 4) is 5.75 Å². The lowest BCUT2D eigenvalue weighted by molar-refractivity contribution is -0.123. The standard InChI is InChI=1S/C19H19ClN2O2/c20-14-6-7-18-12(10-14)9-13(11-24-18)19(23)22-8-2-3-15-16(21)4-1-5-17(15)22/h1,4-7,10,13H,2-3,8-9,11,21H2. The van der Waals surface area contributed by atoms with E-state index < -0.39 is 0 Å². The number of anilines is 2. The van der Waals surface area contributed by atoms with Gasteiger partial charge in [0.25, 0.3) is 0 Å². The number of carbonyl (C=O) groups is 1. The molecule has 0 saturated heterocycles. The van der Waals surface area contributed by atoms with Crippen molar-refractivity contribution in [3.05, 3.63) is 52.5 Å². The number of hydrogen-bond donors (Lipinski definition) is 1. The number of rotatable bonds is 1. The zero-order valence-corrected chi connectivity index (χ0v) is 14.1. The van der Waals surface area contributed by atoms with Gasteiger partial charge < -0.3 is 15.4 Å². The van der Waals surface area contributed by atoms with Crippen LogP contribution in [0.2, 0.25) is 5.02 Å². The summed E-state index contributed by atoms with van der Waals surface area (Å²) in [5.74, 6) is 0.738. The Morgan fingerprint density at radius 3 is 3.04 bits per heavy atom. The molecule has 0 aliphatic carbocycles. The summed E-state index contributed by atoms with van der Waals surface area (Å²) in [7, 11) is 0. The van der Waals surface area contributed by atoms with Gasteiger partial charge in [0, 0.05) is 22.9 Å². The van der Waals surface area contributed by atoms with Crippen molar-refractivity contribution in [2.75, 3.05) is 23.8 Å². The normalized spacial score (nSPS) is 19.2. The number of nitrogen functional groups attached to an aromatic ring is 1. The first-order chi connectivity index (χ1) is 11.6. The van der Waals surface area contributed by atoms with Crippen LogP contribution in [0.3, 0.4) is 0 Å². The monoisotopic (exact) mass is 342 g/mol. The van der Waals surface area contributed by atoms with Crippen molar-refractivity contribution in [3.63, 3.8) is 0 Å². The molecule has 1 amide bonds. The van der Waals surface area contributed by atoms with Crippen molar-refractivity contribution in [1.29, 1.82) is 0 Å². The lowest BCUT2D eigenvalue weighted by atomic mass is 9.93. The van der Waals surface area contributed by atoms with Gasteiger partial charge in [0.1, 0.15) is 12.4 Å². The van der Waals surface area contributed by atoms with E-state index in [1.807, 2.05) is 41.3 Å². The lowest BCUT2D eigenvalue weighted by Crippen LogP contribution is -2.43. The van der Waals surface area contributed by atoms with E-state index in [2.05, 4.69) is 0 Å². The van der Waals surface area contributed by atoms with Gasteiger partial charge in [-0.2, -0.15) is 0 Å². The van der Waals surface area contributed by atoms with Gasteiger partial charge in [-0.25, -0.2) is 0 Å². The maximum absolute atomic E-state index is 13.1. The Morgan fingerprint density at radius 1 is 1.29 bits per heavy atom. The number of hydrogen-bond acceptors (Lipinski definition) is 3. The van der Waals surface area contributed by atoms with Gasteiger partial charge in [0.2, 0.25) is 5.91 Å². The predicted molar refractivity (Wildman–Crippen MR) is 95.7 cm³/mol. The van der Waals surface area contributed by atoms with E-state index in [9.17, 15) is 4.79 Å². The number of ether oxygens (including phenoxy) is 1. The second kappa shape index (κ2) is 6.02. The molecule has 2 aliphatic heterocycles. The summed E-state index contributed by atoms with van der Waals surface area (Å²) in [6, 6.07) is 11.4. The van der Waals surface area contributed by atoms with Crippen LogP contribution in [0, 0.1) is 5.92 Å². The van der Waals surface area contributed by atoms with Crippen molar-refractivity contribution >= 4 is 28.9 Å². The molecule has 0 radical (unpaired) electrons. The zero-order valence-electron chi connectivity index (χ0n) is 13.3. The Morgan fingerprint density at radius 2 is 2.17 bits per heavy atom. The fraction of sp³-hybridized carbons (Fsp3) is 0.316. The summed E-state index contributed by atoms with van der Waals surface area (Å²) < 4.78 is 5.78. The average Bonchev–Trinajstić information content (AvgIpc) is 2.60. The first-order valence-electron chi connectivity index (χ1n) is 8.23. The van der Waals surface area contributed by atoms with Crippen LogP contribution in [0.4, 0.5) is 11.4 Å². The minimum absolute atomic E-state index is 0.104. The molecule has 1 atom stereocenters. The van der Waals surface area contributed by atoms with Crippen LogP contribution in [0.25, 0.3) is 0 Å². The molecular weight excluding hydrogens is 324 g/mol. The molecule has 0 aromatic heterocycles. The van der Waals surface area contributed by atoms with Gasteiger partial charge in [-0.3, -0.25) is 4.79 Å². The van der Waals surface area contributed by atoms with Gasteiger partial charge in [-0.1, -0.05) is 17.7 Å². The molecule has 0 fully saturated rings. The highest BCUT2D eigenvalue weighted by atomic mass is 35.5. The average molecular weight is 343 g/mol. The van der Waals surface area contributed by atoms with Crippen molar-refractivity contribution in [1.82, 2.24) is 0 Å². The molecule has 24 heavy (non-hydrogen) atoms. The number of carbonyl (C=O) groups excluding carboxylic acids is 1. The van der Waals surface area contributed by atoms with E-state index in [1.165, 1.54) is 0 Å².